The first-order chi connectivity index (χ1) is 8.51. The van der Waals surface area contributed by atoms with Crippen molar-refractivity contribution in [2.75, 3.05) is 7.11 Å². The van der Waals surface area contributed by atoms with E-state index in [9.17, 15) is 13.6 Å². The van der Waals surface area contributed by atoms with E-state index in [0.29, 0.717) is 15.4 Å². The van der Waals surface area contributed by atoms with Crippen LogP contribution in [0.25, 0.3) is 10.6 Å². The number of hydrogen-bond acceptors (Lipinski definition) is 4. The van der Waals surface area contributed by atoms with E-state index in [1.807, 2.05) is 0 Å². The maximum Gasteiger partial charge on any atom is 0.357 e. The molecule has 0 saturated heterocycles. The number of hydrogen-bond donors (Lipinski definition) is 0. The SMILES string of the molecule is COC(=O)c1nc(-c2cc(F)cc(F)c2)sc1C. The summed E-state index contributed by atoms with van der Waals surface area (Å²) in [6.07, 6.45) is 0. The lowest BCUT2D eigenvalue weighted by Gasteiger charge is -1.97. The number of carbonyl (C=O) groups is 1. The Morgan fingerprint density at radius 3 is 2.44 bits per heavy atom. The molecule has 0 aliphatic heterocycles. The Kier molecular flexibility index (Phi) is 3.38. The number of nitrogens with zero attached hydrogens (tertiary/aromatic N) is 1. The van der Waals surface area contributed by atoms with Gasteiger partial charge in [-0.3, -0.25) is 0 Å². The van der Waals surface area contributed by atoms with Gasteiger partial charge in [-0.2, -0.15) is 0 Å². The van der Waals surface area contributed by atoms with Crippen molar-refractivity contribution in [3.63, 3.8) is 0 Å². The largest absolute Gasteiger partial charge is 0.464 e. The smallest absolute Gasteiger partial charge is 0.357 e. The Hall–Kier alpha value is -1.82. The quantitative estimate of drug-likeness (QED) is 0.786. The molecule has 1 aromatic heterocycles. The van der Waals surface area contributed by atoms with Gasteiger partial charge in [0.2, 0.25) is 0 Å². The van der Waals surface area contributed by atoms with Crippen molar-refractivity contribution in [3.8, 4) is 10.6 Å². The fourth-order valence-corrected chi connectivity index (χ4v) is 2.37. The van der Waals surface area contributed by atoms with Crippen molar-refractivity contribution < 1.29 is 18.3 Å². The van der Waals surface area contributed by atoms with Crippen LogP contribution in [-0.4, -0.2) is 18.1 Å². The van der Waals surface area contributed by atoms with Crippen molar-refractivity contribution in [1.82, 2.24) is 4.98 Å². The molecule has 0 aliphatic carbocycles. The standard InChI is InChI=1S/C12H9F2NO2S/c1-6-10(12(16)17-2)15-11(18-6)7-3-8(13)5-9(14)4-7/h3-5H,1-2H3. The number of thiazole rings is 1. The van der Waals surface area contributed by atoms with Gasteiger partial charge in [-0.05, 0) is 19.1 Å². The van der Waals surface area contributed by atoms with Crippen LogP contribution in [0, 0.1) is 18.6 Å². The maximum atomic E-state index is 13.1. The number of aryl methyl sites for hydroxylation is 1. The van der Waals surface area contributed by atoms with Crippen LogP contribution in [0.15, 0.2) is 18.2 Å². The van der Waals surface area contributed by atoms with Gasteiger partial charge < -0.3 is 4.74 Å². The third-order valence-electron chi connectivity index (χ3n) is 2.28. The third kappa shape index (κ3) is 2.38. The van der Waals surface area contributed by atoms with Crippen LogP contribution in [0.4, 0.5) is 8.78 Å². The molecule has 0 spiro atoms. The van der Waals surface area contributed by atoms with Gasteiger partial charge in [0.25, 0.3) is 0 Å². The van der Waals surface area contributed by atoms with Crippen molar-refractivity contribution >= 4 is 17.3 Å². The third-order valence-corrected chi connectivity index (χ3v) is 3.30. The van der Waals surface area contributed by atoms with Crippen molar-refractivity contribution in [2.24, 2.45) is 0 Å². The Labute approximate surface area is 106 Å². The summed E-state index contributed by atoms with van der Waals surface area (Å²) >= 11 is 1.18. The van der Waals surface area contributed by atoms with E-state index in [-0.39, 0.29) is 5.69 Å². The lowest BCUT2D eigenvalue weighted by Crippen LogP contribution is -2.03. The van der Waals surface area contributed by atoms with Gasteiger partial charge in [-0.1, -0.05) is 0 Å². The van der Waals surface area contributed by atoms with Crippen molar-refractivity contribution in [1.29, 1.82) is 0 Å². The Morgan fingerprint density at radius 1 is 1.28 bits per heavy atom. The molecule has 2 rings (SSSR count). The van der Waals surface area contributed by atoms with E-state index in [2.05, 4.69) is 9.72 Å². The predicted octanol–water partition coefficient (Wildman–Crippen LogP) is 3.18. The zero-order valence-electron chi connectivity index (χ0n) is 9.66. The molecule has 0 radical (unpaired) electrons. The van der Waals surface area contributed by atoms with Crippen LogP contribution in [0.1, 0.15) is 15.4 Å². The van der Waals surface area contributed by atoms with Gasteiger partial charge in [-0.15, -0.1) is 11.3 Å². The molecule has 94 valence electrons. The summed E-state index contributed by atoms with van der Waals surface area (Å²) in [5.74, 6) is -1.93. The molecule has 1 aromatic carbocycles. The average molecular weight is 269 g/mol. The summed E-state index contributed by atoms with van der Waals surface area (Å²) in [5.41, 5.74) is 0.470. The van der Waals surface area contributed by atoms with E-state index >= 15 is 0 Å². The minimum Gasteiger partial charge on any atom is -0.464 e. The van der Waals surface area contributed by atoms with Crippen molar-refractivity contribution in [3.05, 3.63) is 40.4 Å². The lowest BCUT2D eigenvalue weighted by molar-refractivity contribution is 0.0594. The van der Waals surface area contributed by atoms with Gasteiger partial charge in [0, 0.05) is 16.5 Å². The fraction of sp³-hybridized carbons (Fsp3) is 0.167. The summed E-state index contributed by atoms with van der Waals surface area (Å²) in [6.45, 7) is 1.70. The number of aromatic nitrogens is 1. The summed E-state index contributed by atoms with van der Waals surface area (Å²) < 4.78 is 30.8. The maximum absolute atomic E-state index is 13.1. The van der Waals surface area contributed by atoms with Crippen LogP contribution < -0.4 is 0 Å². The molecule has 0 bridgehead atoms. The minimum absolute atomic E-state index is 0.169. The molecule has 0 saturated carbocycles. The molecule has 1 heterocycles. The molecule has 0 aliphatic rings. The molecule has 18 heavy (non-hydrogen) atoms. The number of methoxy groups -OCH3 is 1. The Bertz CT molecular complexity index is 590. The zero-order valence-corrected chi connectivity index (χ0v) is 10.5. The lowest BCUT2D eigenvalue weighted by atomic mass is 10.2. The summed E-state index contributed by atoms with van der Waals surface area (Å²) in [4.78, 5) is 16.1. The topological polar surface area (TPSA) is 39.2 Å². The van der Waals surface area contributed by atoms with E-state index in [1.54, 1.807) is 6.92 Å². The first-order valence-corrected chi connectivity index (χ1v) is 5.85. The molecule has 0 amide bonds. The second kappa shape index (κ2) is 4.81. The van der Waals surface area contributed by atoms with Crippen LogP contribution in [0.2, 0.25) is 0 Å². The Balaban J connectivity index is 2.48. The van der Waals surface area contributed by atoms with Crippen LogP contribution >= 0.6 is 11.3 Å². The number of carbonyl (C=O) groups excluding carboxylic acids is 1. The first-order valence-electron chi connectivity index (χ1n) is 5.03. The summed E-state index contributed by atoms with van der Waals surface area (Å²) in [5, 5.41) is 0.381. The van der Waals surface area contributed by atoms with E-state index in [0.717, 1.165) is 6.07 Å². The van der Waals surface area contributed by atoms with Gasteiger partial charge in [-0.25, -0.2) is 18.6 Å². The van der Waals surface area contributed by atoms with Gasteiger partial charge in [0.05, 0.1) is 7.11 Å². The predicted molar refractivity (Wildman–Crippen MR) is 63.5 cm³/mol. The summed E-state index contributed by atoms with van der Waals surface area (Å²) in [7, 11) is 1.25. The summed E-state index contributed by atoms with van der Waals surface area (Å²) in [6, 6.07) is 3.12. The molecular formula is C12H9F2NO2S. The van der Waals surface area contributed by atoms with Gasteiger partial charge >= 0.3 is 5.97 Å². The van der Waals surface area contributed by atoms with E-state index in [1.165, 1.54) is 30.6 Å². The number of esters is 1. The van der Waals surface area contributed by atoms with Crippen LogP contribution in [0.3, 0.4) is 0 Å². The Morgan fingerprint density at radius 2 is 1.89 bits per heavy atom. The molecular weight excluding hydrogens is 260 g/mol. The second-order valence-electron chi connectivity index (χ2n) is 3.57. The number of benzene rings is 1. The average Bonchev–Trinajstić information content (AvgIpc) is 2.69. The highest BCUT2D eigenvalue weighted by atomic mass is 32.1. The molecule has 3 nitrogen and oxygen atoms in total. The zero-order chi connectivity index (χ0) is 13.3. The second-order valence-corrected chi connectivity index (χ2v) is 4.78. The van der Waals surface area contributed by atoms with Crippen LogP contribution in [-0.2, 0) is 4.74 Å². The van der Waals surface area contributed by atoms with Crippen molar-refractivity contribution in [2.45, 2.75) is 6.92 Å². The highest BCUT2D eigenvalue weighted by Gasteiger charge is 2.17. The molecule has 0 N–H and O–H groups in total. The van der Waals surface area contributed by atoms with Crippen LogP contribution in [0.5, 0.6) is 0 Å². The van der Waals surface area contributed by atoms with E-state index in [4.69, 9.17) is 0 Å². The molecule has 0 unspecified atom stereocenters. The number of rotatable bonds is 2. The highest BCUT2D eigenvalue weighted by molar-refractivity contribution is 7.15. The van der Waals surface area contributed by atoms with E-state index < -0.39 is 17.6 Å². The highest BCUT2D eigenvalue weighted by Crippen LogP contribution is 2.29. The molecule has 0 fully saturated rings. The first kappa shape index (κ1) is 12.6. The monoisotopic (exact) mass is 269 g/mol. The number of halogens is 2. The molecule has 6 heteroatoms. The van der Waals surface area contributed by atoms with Gasteiger partial charge in [0.1, 0.15) is 16.6 Å². The fourth-order valence-electron chi connectivity index (χ4n) is 1.48. The number of ether oxygens (including phenoxy) is 1. The minimum atomic E-state index is -0.683. The molecule has 0 atom stereocenters. The molecule has 2 aromatic rings. The van der Waals surface area contributed by atoms with Gasteiger partial charge in [0.15, 0.2) is 5.69 Å². The normalized spacial score (nSPS) is 10.4.